The number of methoxy groups -OCH3 is 1. The number of carbonyl (C=O) groups excluding carboxylic acids is 2. The van der Waals surface area contributed by atoms with Crippen LogP contribution in [0.3, 0.4) is 0 Å². The summed E-state index contributed by atoms with van der Waals surface area (Å²) in [5, 5.41) is 12.2. The van der Waals surface area contributed by atoms with Gasteiger partial charge in [0.2, 0.25) is 0 Å². The van der Waals surface area contributed by atoms with Crippen molar-refractivity contribution >= 4 is 40.4 Å². The van der Waals surface area contributed by atoms with E-state index < -0.39 is 0 Å². The summed E-state index contributed by atoms with van der Waals surface area (Å²) in [4.78, 5) is 25.5. The van der Waals surface area contributed by atoms with Crippen molar-refractivity contribution in [3.05, 3.63) is 93.4 Å². The first-order valence-corrected chi connectivity index (χ1v) is 10.9. The van der Waals surface area contributed by atoms with Crippen LogP contribution in [0.2, 0.25) is 5.02 Å². The van der Waals surface area contributed by atoms with Gasteiger partial charge in [-0.1, -0.05) is 17.7 Å². The zero-order chi connectivity index (χ0) is 22.5. The Bertz CT molecular complexity index is 1240. The van der Waals surface area contributed by atoms with Gasteiger partial charge in [0, 0.05) is 11.8 Å². The van der Waals surface area contributed by atoms with Gasteiger partial charge in [-0.15, -0.1) is 11.3 Å². The van der Waals surface area contributed by atoms with Crippen LogP contribution in [-0.2, 0) is 6.54 Å². The van der Waals surface area contributed by atoms with Crippen LogP contribution >= 0.6 is 22.9 Å². The number of amides is 2. The molecule has 0 spiro atoms. The first kappa shape index (κ1) is 21.6. The Morgan fingerprint density at radius 3 is 2.62 bits per heavy atom. The predicted octanol–water partition coefficient (Wildman–Crippen LogP) is 4.78. The molecule has 0 saturated heterocycles. The number of ether oxygens (including phenoxy) is 1. The molecule has 2 heterocycles. The number of halogens is 1. The molecule has 0 fully saturated rings. The number of rotatable bonds is 7. The van der Waals surface area contributed by atoms with Gasteiger partial charge in [0.25, 0.3) is 11.8 Å². The smallest absolute Gasteiger partial charge is 0.265 e. The molecule has 4 rings (SSSR count). The third-order valence-corrected chi connectivity index (χ3v) is 5.83. The van der Waals surface area contributed by atoms with E-state index in [1.54, 1.807) is 42.1 Å². The van der Waals surface area contributed by atoms with Crippen LogP contribution in [0.15, 0.2) is 72.2 Å². The monoisotopic (exact) mass is 466 g/mol. The van der Waals surface area contributed by atoms with Gasteiger partial charge in [-0.25, -0.2) is 4.68 Å². The number of benzene rings is 2. The molecule has 0 saturated carbocycles. The summed E-state index contributed by atoms with van der Waals surface area (Å²) in [7, 11) is 1.62. The van der Waals surface area contributed by atoms with Gasteiger partial charge in [-0.05, 0) is 60.0 Å². The van der Waals surface area contributed by atoms with E-state index in [2.05, 4.69) is 15.7 Å². The molecule has 0 aliphatic rings. The molecule has 4 aromatic rings. The second kappa shape index (κ2) is 9.67. The van der Waals surface area contributed by atoms with Crippen molar-refractivity contribution in [2.75, 3.05) is 12.4 Å². The van der Waals surface area contributed by atoms with E-state index in [1.165, 1.54) is 11.3 Å². The lowest BCUT2D eigenvalue weighted by molar-refractivity contribution is 0.0949. The minimum Gasteiger partial charge on any atom is -0.497 e. The van der Waals surface area contributed by atoms with Crippen LogP contribution in [0.1, 0.15) is 25.7 Å². The Labute approximate surface area is 193 Å². The molecule has 32 heavy (non-hydrogen) atoms. The molecule has 2 N–H and O–H groups in total. The fourth-order valence-electron chi connectivity index (χ4n) is 2.96. The third kappa shape index (κ3) is 4.99. The lowest BCUT2D eigenvalue weighted by Crippen LogP contribution is -2.23. The molecule has 0 aliphatic carbocycles. The zero-order valence-electron chi connectivity index (χ0n) is 17.0. The number of thiophene rings is 1. The average molecular weight is 467 g/mol. The van der Waals surface area contributed by atoms with Gasteiger partial charge in [-0.3, -0.25) is 9.59 Å². The number of aromatic nitrogens is 2. The molecule has 0 radical (unpaired) electrons. The third-order valence-electron chi connectivity index (χ3n) is 4.63. The number of carbonyl (C=O) groups is 2. The topological polar surface area (TPSA) is 85.2 Å². The largest absolute Gasteiger partial charge is 0.497 e. The van der Waals surface area contributed by atoms with E-state index in [1.807, 2.05) is 41.9 Å². The molecule has 2 aromatic heterocycles. The summed E-state index contributed by atoms with van der Waals surface area (Å²) in [6.45, 7) is 0.251. The van der Waals surface area contributed by atoms with Crippen molar-refractivity contribution in [2.45, 2.75) is 6.54 Å². The fourth-order valence-corrected chi connectivity index (χ4v) is 3.75. The SMILES string of the molecule is COc1ccc(-n2ccc(CNC(=O)c3ccc(Cl)c(NC(=O)c4cccs4)c3)n2)cc1. The first-order valence-electron chi connectivity index (χ1n) is 9.65. The summed E-state index contributed by atoms with van der Waals surface area (Å²) >= 11 is 7.52. The molecule has 0 bridgehead atoms. The van der Waals surface area contributed by atoms with Gasteiger partial charge in [0.1, 0.15) is 5.75 Å². The highest BCUT2D eigenvalue weighted by Gasteiger charge is 2.13. The van der Waals surface area contributed by atoms with Crippen molar-refractivity contribution in [1.82, 2.24) is 15.1 Å². The molecular formula is C23H19ClN4O3S. The average Bonchev–Trinajstić information content (AvgIpc) is 3.51. The molecule has 2 amide bonds. The fraction of sp³-hybridized carbons (Fsp3) is 0.0870. The van der Waals surface area contributed by atoms with Crippen molar-refractivity contribution in [1.29, 1.82) is 0 Å². The van der Waals surface area contributed by atoms with Gasteiger partial charge in [0.05, 0.1) is 40.6 Å². The molecule has 0 atom stereocenters. The van der Waals surface area contributed by atoms with Crippen LogP contribution in [0.5, 0.6) is 5.75 Å². The van der Waals surface area contributed by atoms with Gasteiger partial charge in [-0.2, -0.15) is 5.10 Å². The summed E-state index contributed by atoms with van der Waals surface area (Å²) in [5.41, 5.74) is 2.34. The Hall–Kier alpha value is -3.62. The number of nitrogens with zero attached hydrogens (tertiary/aromatic N) is 2. The molecular weight excluding hydrogens is 448 g/mol. The quantitative estimate of drug-likeness (QED) is 0.410. The summed E-state index contributed by atoms with van der Waals surface area (Å²) in [5.74, 6) is 0.193. The van der Waals surface area contributed by atoms with E-state index >= 15 is 0 Å². The number of anilines is 1. The molecule has 162 valence electrons. The Morgan fingerprint density at radius 1 is 1.09 bits per heavy atom. The second-order valence-electron chi connectivity index (χ2n) is 6.76. The van der Waals surface area contributed by atoms with E-state index in [0.717, 1.165) is 11.4 Å². The maximum absolute atomic E-state index is 12.6. The van der Waals surface area contributed by atoms with Crippen LogP contribution in [0.4, 0.5) is 5.69 Å². The second-order valence-corrected chi connectivity index (χ2v) is 8.11. The molecule has 0 unspecified atom stereocenters. The van der Waals surface area contributed by atoms with Crippen molar-refractivity contribution in [3.63, 3.8) is 0 Å². The van der Waals surface area contributed by atoms with Crippen LogP contribution in [0.25, 0.3) is 5.69 Å². The first-order chi connectivity index (χ1) is 15.5. The van der Waals surface area contributed by atoms with Crippen LogP contribution in [0, 0.1) is 0 Å². The molecule has 9 heteroatoms. The van der Waals surface area contributed by atoms with Gasteiger partial charge < -0.3 is 15.4 Å². The van der Waals surface area contributed by atoms with Gasteiger partial charge >= 0.3 is 0 Å². The molecule has 0 aliphatic heterocycles. The van der Waals surface area contributed by atoms with E-state index in [4.69, 9.17) is 16.3 Å². The standard InChI is InChI=1S/C23H19ClN4O3S/c1-31-18-7-5-17(6-8-18)28-11-10-16(27-28)14-25-22(29)15-4-9-19(24)20(13-15)26-23(30)21-3-2-12-32-21/h2-13H,14H2,1H3,(H,25,29)(H,26,30). The highest BCUT2D eigenvalue weighted by Crippen LogP contribution is 2.24. The maximum Gasteiger partial charge on any atom is 0.265 e. The maximum atomic E-state index is 12.6. The summed E-state index contributed by atoms with van der Waals surface area (Å²) in [6.07, 6.45) is 1.82. The van der Waals surface area contributed by atoms with E-state index in [-0.39, 0.29) is 18.4 Å². The van der Waals surface area contributed by atoms with Crippen LogP contribution in [-0.4, -0.2) is 28.7 Å². The van der Waals surface area contributed by atoms with Gasteiger partial charge in [0.15, 0.2) is 0 Å². The highest BCUT2D eigenvalue weighted by atomic mass is 35.5. The normalized spacial score (nSPS) is 10.6. The lowest BCUT2D eigenvalue weighted by atomic mass is 10.2. The Morgan fingerprint density at radius 2 is 1.91 bits per heavy atom. The van der Waals surface area contributed by atoms with E-state index in [0.29, 0.717) is 26.8 Å². The van der Waals surface area contributed by atoms with E-state index in [9.17, 15) is 9.59 Å². The predicted molar refractivity (Wildman–Crippen MR) is 125 cm³/mol. The Balaban J connectivity index is 1.40. The molecule has 2 aromatic carbocycles. The highest BCUT2D eigenvalue weighted by molar-refractivity contribution is 7.12. The summed E-state index contributed by atoms with van der Waals surface area (Å²) < 4.78 is 6.89. The minimum absolute atomic E-state index is 0.251. The number of hydrogen-bond acceptors (Lipinski definition) is 5. The summed E-state index contributed by atoms with van der Waals surface area (Å²) in [6, 6.07) is 17.6. The lowest BCUT2D eigenvalue weighted by Gasteiger charge is -2.09. The minimum atomic E-state index is -0.299. The van der Waals surface area contributed by atoms with Crippen molar-refractivity contribution < 1.29 is 14.3 Å². The van der Waals surface area contributed by atoms with Crippen LogP contribution < -0.4 is 15.4 Å². The van der Waals surface area contributed by atoms with Crippen molar-refractivity contribution in [2.24, 2.45) is 0 Å². The molecule has 7 nitrogen and oxygen atoms in total. The Kier molecular flexibility index (Phi) is 6.53. The number of nitrogens with one attached hydrogen (secondary N) is 2. The zero-order valence-corrected chi connectivity index (χ0v) is 18.6. The van der Waals surface area contributed by atoms with Crippen molar-refractivity contribution in [3.8, 4) is 11.4 Å². The number of hydrogen-bond donors (Lipinski definition) is 2.